The van der Waals surface area contributed by atoms with Crippen LogP contribution in [-0.2, 0) is 4.74 Å². The van der Waals surface area contributed by atoms with Crippen molar-refractivity contribution in [3.63, 3.8) is 0 Å². The van der Waals surface area contributed by atoms with Gasteiger partial charge in [-0.15, -0.1) is 0 Å². The maximum absolute atomic E-state index is 11.6. The van der Waals surface area contributed by atoms with E-state index in [4.69, 9.17) is 9.15 Å². The van der Waals surface area contributed by atoms with E-state index in [1.807, 2.05) is 6.07 Å². The van der Waals surface area contributed by atoms with Crippen LogP contribution >= 0.6 is 0 Å². The van der Waals surface area contributed by atoms with E-state index < -0.39 is 6.10 Å². The zero-order chi connectivity index (χ0) is 20.2. The lowest BCUT2D eigenvalue weighted by Crippen LogP contribution is -2.63. The molecule has 1 saturated heterocycles. The first-order valence-corrected chi connectivity index (χ1v) is 11.4. The van der Waals surface area contributed by atoms with Gasteiger partial charge in [-0.3, -0.25) is 0 Å². The SMILES string of the molecule is C[C@]12CC[C@@H](O)C[C@H]1CC[C@@H]1[C@@H]2C[C@H](O)[C@]2(C)[C@@H](c3ccc(=O)oc3)C[C@H]3O[C@]132. The molecule has 6 rings (SSSR count). The van der Waals surface area contributed by atoms with Gasteiger partial charge in [0.25, 0.3) is 0 Å². The van der Waals surface area contributed by atoms with Gasteiger partial charge in [-0.05, 0) is 79.7 Å². The highest BCUT2D eigenvalue weighted by molar-refractivity contribution is 5.36. The summed E-state index contributed by atoms with van der Waals surface area (Å²) in [6.45, 7) is 4.64. The minimum Gasteiger partial charge on any atom is -0.431 e. The summed E-state index contributed by atoms with van der Waals surface area (Å²) < 4.78 is 11.7. The Labute approximate surface area is 171 Å². The molecule has 2 N–H and O–H groups in total. The smallest absolute Gasteiger partial charge is 0.335 e. The van der Waals surface area contributed by atoms with E-state index >= 15 is 0 Å². The molecule has 4 aliphatic carbocycles. The van der Waals surface area contributed by atoms with Gasteiger partial charge in [0.05, 0.1) is 24.6 Å². The molecule has 5 fully saturated rings. The standard InChI is InChI=1S/C24H32O5/c1-22-8-7-15(25)9-14(22)4-5-16-18(22)10-19(26)23(2)17(11-20-24(16,23)29-20)13-3-6-21(27)28-12-13/h3,6,12,14-20,25-26H,4-5,7-11H2,1-2H3/t14-,15-,16-,17-,18+,19+,20-,22+,23+,24-/m1/s1. The van der Waals surface area contributed by atoms with Crippen LogP contribution in [0.25, 0.3) is 0 Å². The molecule has 2 heterocycles. The minimum absolute atomic E-state index is 0.153. The topological polar surface area (TPSA) is 83.2 Å². The van der Waals surface area contributed by atoms with Gasteiger partial charge in [0, 0.05) is 17.4 Å². The molecule has 29 heavy (non-hydrogen) atoms. The lowest BCUT2D eigenvalue weighted by molar-refractivity contribution is -0.182. The van der Waals surface area contributed by atoms with Crippen LogP contribution < -0.4 is 5.63 Å². The Morgan fingerprint density at radius 3 is 2.62 bits per heavy atom. The third kappa shape index (κ3) is 2.14. The molecule has 5 nitrogen and oxygen atoms in total. The Kier molecular flexibility index (Phi) is 3.68. The first-order valence-electron chi connectivity index (χ1n) is 11.4. The van der Waals surface area contributed by atoms with Gasteiger partial charge in [0.15, 0.2) is 0 Å². The number of aliphatic hydroxyl groups is 2. The van der Waals surface area contributed by atoms with Crippen molar-refractivity contribution in [3.05, 3.63) is 34.4 Å². The van der Waals surface area contributed by atoms with E-state index in [0.29, 0.717) is 17.8 Å². The molecule has 158 valence electrons. The summed E-state index contributed by atoms with van der Waals surface area (Å²) in [6, 6.07) is 3.37. The molecular weight excluding hydrogens is 368 g/mol. The summed E-state index contributed by atoms with van der Waals surface area (Å²) in [5, 5.41) is 21.8. The fraction of sp³-hybridized carbons (Fsp3) is 0.792. The molecule has 4 saturated carbocycles. The maximum atomic E-state index is 11.6. The van der Waals surface area contributed by atoms with E-state index in [-0.39, 0.29) is 40.2 Å². The Bertz CT molecular complexity index is 875. The van der Waals surface area contributed by atoms with E-state index in [0.717, 1.165) is 50.5 Å². The van der Waals surface area contributed by atoms with E-state index in [2.05, 4.69) is 13.8 Å². The Morgan fingerprint density at radius 2 is 1.86 bits per heavy atom. The number of fused-ring (bicyclic) bond motifs is 3. The second-order valence-corrected chi connectivity index (χ2v) is 11.0. The number of hydrogen-bond acceptors (Lipinski definition) is 5. The van der Waals surface area contributed by atoms with Crippen molar-refractivity contribution in [1.29, 1.82) is 0 Å². The van der Waals surface area contributed by atoms with Crippen LogP contribution in [0, 0.1) is 28.6 Å². The summed E-state index contributed by atoms with van der Waals surface area (Å²) in [6.07, 6.45) is 8.04. The molecule has 0 bridgehead atoms. The quantitative estimate of drug-likeness (QED) is 0.707. The lowest BCUT2D eigenvalue weighted by atomic mass is 9.43. The highest BCUT2D eigenvalue weighted by atomic mass is 16.6. The first kappa shape index (κ1) is 18.6. The van der Waals surface area contributed by atoms with Crippen molar-refractivity contribution in [2.45, 2.75) is 88.6 Å². The molecule has 1 aliphatic heterocycles. The van der Waals surface area contributed by atoms with Crippen LogP contribution in [0.5, 0.6) is 0 Å². The van der Waals surface area contributed by atoms with Crippen LogP contribution in [0.4, 0.5) is 0 Å². The van der Waals surface area contributed by atoms with Crippen molar-refractivity contribution in [3.8, 4) is 0 Å². The Morgan fingerprint density at radius 1 is 1.03 bits per heavy atom. The van der Waals surface area contributed by atoms with Crippen molar-refractivity contribution >= 4 is 0 Å². The number of aliphatic hydroxyl groups excluding tert-OH is 2. The monoisotopic (exact) mass is 400 g/mol. The first-order chi connectivity index (χ1) is 13.8. The molecule has 0 aromatic carbocycles. The number of rotatable bonds is 1. The minimum atomic E-state index is -0.435. The zero-order valence-corrected chi connectivity index (χ0v) is 17.3. The summed E-state index contributed by atoms with van der Waals surface area (Å²) in [5.74, 6) is 1.63. The Hall–Kier alpha value is -1.17. The van der Waals surface area contributed by atoms with Crippen molar-refractivity contribution < 1.29 is 19.4 Å². The summed E-state index contributed by atoms with van der Waals surface area (Å²) in [7, 11) is 0. The van der Waals surface area contributed by atoms with Crippen molar-refractivity contribution in [2.75, 3.05) is 0 Å². The molecule has 5 heteroatoms. The van der Waals surface area contributed by atoms with E-state index in [1.54, 1.807) is 6.26 Å². The number of ether oxygens (including phenoxy) is 1. The Balaban J connectivity index is 1.39. The van der Waals surface area contributed by atoms with Gasteiger partial charge in [-0.1, -0.05) is 13.8 Å². The number of hydrogen-bond donors (Lipinski definition) is 2. The van der Waals surface area contributed by atoms with Gasteiger partial charge in [-0.25, -0.2) is 4.79 Å². The fourth-order valence-electron chi connectivity index (χ4n) is 8.70. The lowest BCUT2D eigenvalue weighted by Gasteiger charge is -2.62. The van der Waals surface area contributed by atoms with Gasteiger partial charge < -0.3 is 19.4 Å². The maximum Gasteiger partial charge on any atom is 0.335 e. The molecule has 1 spiro atoms. The zero-order valence-electron chi connectivity index (χ0n) is 17.3. The largest absolute Gasteiger partial charge is 0.431 e. The van der Waals surface area contributed by atoms with Crippen molar-refractivity contribution in [1.82, 2.24) is 0 Å². The van der Waals surface area contributed by atoms with E-state index in [1.165, 1.54) is 6.07 Å². The van der Waals surface area contributed by atoms with Gasteiger partial charge in [0.2, 0.25) is 0 Å². The predicted octanol–water partition coefficient (Wildman–Crippen LogP) is 3.23. The third-order valence-electron chi connectivity index (χ3n) is 10.3. The molecule has 1 aromatic rings. The highest BCUT2D eigenvalue weighted by Crippen LogP contribution is 2.77. The van der Waals surface area contributed by atoms with Gasteiger partial charge in [-0.2, -0.15) is 0 Å². The predicted molar refractivity (Wildman–Crippen MR) is 106 cm³/mol. The van der Waals surface area contributed by atoms with Crippen molar-refractivity contribution in [2.24, 2.45) is 28.6 Å². The summed E-state index contributed by atoms with van der Waals surface area (Å²) in [4.78, 5) is 11.5. The molecular formula is C24H32O5. The number of epoxide rings is 1. The summed E-state index contributed by atoms with van der Waals surface area (Å²) >= 11 is 0. The average molecular weight is 401 g/mol. The second-order valence-electron chi connectivity index (χ2n) is 11.0. The van der Waals surface area contributed by atoms with Crippen LogP contribution in [0.1, 0.15) is 70.3 Å². The van der Waals surface area contributed by atoms with Gasteiger partial charge >= 0.3 is 5.63 Å². The molecule has 5 aliphatic rings. The van der Waals surface area contributed by atoms with Crippen LogP contribution in [0.3, 0.4) is 0 Å². The third-order valence-corrected chi connectivity index (χ3v) is 10.3. The molecule has 10 atom stereocenters. The van der Waals surface area contributed by atoms with Crippen LogP contribution in [-0.4, -0.2) is 34.1 Å². The second kappa shape index (κ2) is 5.74. The summed E-state index contributed by atoms with van der Waals surface area (Å²) in [5.41, 5.74) is 0.271. The normalized spacial score (nSPS) is 55.4. The molecule has 1 aromatic heterocycles. The van der Waals surface area contributed by atoms with E-state index in [9.17, 15) is 15.0 Å². The highest BCUT2D eigenvalue weighted by Gasteiger charge is 2.82. The van der Waals surface area contributed by atoms with Gasteiger partial charge in [0.1, 0.15) is 5.60 Å². The molecule has 0 amide bonds. The molecule has 0 radical (unpaired) electrons. The van der Waals surface area contributed by atoms with Crippen LogP contribution in [0.2, 0.25) is 0 Å². The average Bonchev–Trinajstić information content (AvgIpc) is 3.35. The molecule has 0 unspecified atom stereocenters. The van der Waals surface area contributed by atoms with Crippen LogP contribution in [0.15, 0.2) is 27.6 Å². The fourth-order valence-corrected chi connectivity index (χ4v) is 8.70.